The minimum atomic E-state index is -0.860. The van der Waals surface area contributed by atoms with Gasteiger partial charge < -0.3 is 15.7 Å². The van der Waals surface area contributed by atoms with E-state index in [1.807, 2.05) is 13.8 Å². The molecule has 1 aromatic rings. The van der Waals surface area contributed by atoms with Gasteiger partial charge in [-0.2, -0.15) is 0 Å². The molecular weight excluding hydrogens is 327 g/mol. The summed E-state index contributed by atoms with van der Waals surface area (Å²) in [6.45, 7) is 3.96. The molecule has 0 aliphatic rings. The Morgan fingerprint density at radius 2 is 1.82 bits per heavy atom. The highest BCUT2D eigenvalue weighted by Crippen LogP contribution is 2.29. The standard InChI is InChI=1S/C15H20Cl2N2O3/c1-3-9(4-2)12(20)8-18-14(21)15(22)19-11-7-5-6-10(16)13(11)17/h5-7,9,12,20H,3-4,8H2,1-2H3,(H,18,21)(H,19,22). The topological polar surface area (TPSA) is 78.4 Å². The summed E-state index contributed by atoms with van der Waals surface area (Å²) in [6.07, 6.45) is 0.928. The monoisotopic (exact) mass is 346 g/mol. The molecule has 22 heavy (non-hydrogen) atoms. The van der Waals surface area contributed by atoms with Gasteiger partial charge in [0.2, 0.25) is 0 Å². The highest BCUT2D eigenvalue weighted by atomic mass is 35.5. The zero-order valence-electron chi connectivity index (χ0n) is 12.5. The molecule has 1 unspecified atom stereocenters. The van der Waals surface area contributed by atoms with Gasteiger partial charge in [0.15, 0.2) is 0 Å². The number of hydrogen-bond donors (Lipinski definition) is 3. The molecule has 122 valence electrons. The van der Waals surface area contributed by atoms with Crippen molar-refractivity contribution < 1.29 is 14.7 Å². The van der Waals surface area contributed by atoms with Crippen molar-refractivity contribution in [3.8, 4) is 0 Å². The number of carbonyl (C=O) groups excluding carboxylic acids is 2. The maximum Gasteiger partial charge on any atom is 0.313 e. The molecule has 0 aliphatic carbocycles. The van der Waals surface area contributed by atoms with E-state index in [4.69, 9.17) is 23.2 Å². The maximum atomic E-state index is 11.8. The third-order valence-corrected chi connectivity index (χ3v) is 4.29. The van der Waals surface area contributed by atoms with Gasteiger partial charge in [-0.3, -0.25) is 9.59 Å². The number of carbonyl (C=O) groups is 2. The minimum absolute atomic E-state index is 0.0296. The Bertz CT molecular complexity index is 534. The molecule has 7 heteroatoms. The Balaban J connectivity index is 2.56. The maximum absolute atomic E-state index is 11.8. The second kappa shape index (κ2) is 8.98. The van der Waals surface area contributed by atoms with Crippen molar-refractivity contribution in [3.63, 3.8) is 0 Å². The summed E-state index contributed by atoms with van der Waals surface area (Å²) in [4.78, 5) is 23.5. The first-order valence-electron chi connectivity index (χ1n) is 7.11. The van der Waals surface area contributed by atoms with Gasteiger partial charge in [-0.25, -0.2) is 0 Å². The highest BCUT2D eigenvalue weighted by molar-refractivity contribution is 6.45. The van der Waals surface area contributed by atoms with E-state index in [9.17, 15) is 14.7 Å². The molecule has 0 fully saturated rings. The van der Waals surface area contributed by atoms with Gasteiger partial charge in [-0.05, 0) is 18.1 Å². The first-order valence-corrected chi connectivity index (χ1v) is 7.87. The van der Waals surface area contributed by atoms with Gasteiger partial charge in [0, 0.05) is 6.54 Å². The van der Waals surface area contributed by atoms with Gasteiger partial charge in [0.05, 0.1) is 21.8 Å². The van der Waals surface area contributed by atoms with Crippen molar-refractivity contribution in [2.45, 2.75) is 32.8 Å². The molecule has 1 atom stereocenters. The van der Waals surface area contributed by atoms with Gasteiger partial charge >= 0.3 is 11.8 Å². The minimum Gasteiger partial charge on any atom is -0.391 e. The van der Waals surface area contributed by atoms with E-state index in [0.29, 0.717) is 0 Å². The molecule has 0 heterocycles. The Hall–Kier alpha value is -1.30. The van der Waals surface area contributed by atoms with Crippen molar-refractivity contribution in [1.29, 1.82) is 0 Å². The third-order valence-electron chi connectivity index (χ3n) is 3.47. The predicted octanol–water partition coefficient (Wildman–Crippen LogP) is 2.85. The fraction of sp³-hybridized carbons (Fsp3) is 0.467. The lowest BCUT2D eigenvalue weighted by Gasteiger charge is -2.20. The number of benzene rings is 1. The molecule has 0 aliphatic heterocycles. The molecule has 0 spiro atoms. The summed E-state index contributed by atoms with van der Waals surface area (Å²) in [5.74, 6) is -1.60. The molecule has 0 aromatic heterocycles. The molecule has 3 N–H and O–H groups in total. The van der Waals surface area contributed by atoms with Crippen LogP contribution in [-0.4, -0.2) is 29.6 Å². The number of rotatable bonds is 6. The van der Waals surface area contributed by atoms with Gasteiger partial charge in [-0.1, -0.05) is 56.0 Å². The second-order valence-electron chi connectivity index (χ2n) is 4.91. The molecule has 1 rings (SSSR count). The molecule has 0 saturated carbocycles. The van der Waals surface area contributed by atoms with Crippen LogP contribution >= 0.6 is 23.2 Å². The number of aliphatic hydroxyl groups excluding tert-OH is 1. The van der Waals surface area contributed by atoms with E-state index in [1.54, 1.807) is 18.2 Å². The van der Waals surface area contributed by atoms with Gasteiger partial charge in [0.25, 0.3) is 0 Å². The van der Waals surface area contributed by atoms with Crippen molar-refractivity contribution in [2.24, 2.45) is 5.92 Å². The molecular formula is C15H20Cl2N2O3. The third kappa shape index (κ3) is 5.16. The van der Waals surface area contributed by atoms with E-state index in [-0.39, 0.29) is 28.2 Å². The Kier molecular flexibility index (Phi) is 7.65. The SMILES string of the molecule is CCC(CC)C(O)CNC(=O)C(=O)Nc1cccc(Cl)c1Cl. The van der Waals surface area contributed by atoms with E-state index in [0.717, 1.165) is 12.8 Å². The van der Waals surface area contributed by atoms with Crippen molar-refractivity contribution in [3.05, 3.63) is 28.2 Å². The molecule has 2 amide bonds. The van der Waals surface area contributed by atoms with Crippen LogP contribution in [0.15, 0.2) is 18.2 Å². The zero-order chi connectivity index (χ0) is 16.7. The summed E-state index contributed by atoms with van der Waals surface area (Å²) in [5, 5.41) is 15.2. The number of nitrogens with one attached hydrogen (secondary N) is 2. The van der Waals surface area contributed by atoms with Crippen LogP contribution in [0, 0.1) is 5.92 Å². The lowest BCUT2D eigenvalue weighted by molar-refractivity contribution is -0.136. The van der Waals surface area contributed by atoms with Crippen LogP contribution < -0.4 is 10.6 Å². The summed E-state index contributed by atoms with van der Waals surface area (Å²) in [7, 11) is 0. The summed E-state index contributed by atoms with van der Waals surface area (Å²) in [5.41, 5.74) is 0.259. The number of aliphatic hydroxyl groups is 1. The Labute approximate surface area is 140 Å². The molecule has 0 radical (unpaired) electrons. The van der Waals surface area contributed by atoms with Crippen molar-refractivity contribution in [1.82, 2.24) is 5.32 Å². The van der Waals surface area contributed by atoms with Crippen LogP contribution in [0.5, 0.6) is 0 Å². The van der Waals surface area contributed by atoms with E-state index < -0.39 is 17.9 Å². The summed E-state index contributed by atoms with van der Waals surface area (Å²) >= 11 is 11.8. The van der Waals surface area contributed by atoms with E-state index in [2.05, 4.69) is 10.6 Å². The van der Waals surface area contributed by atoms with Crippen LogP contribution in [-0.2, 0) is 9.59 Å². The van der Waals surface area contributed by atoms with Crippen LogP contribution in [0.1, 0.15) is 26.7 Å². The van der Waals surface area contributed by atoms with E-state index >= 15 is 0 Å². The quantitative estimate of drug-likeness (QED) is 0.693. The van der Waals surface area contributed by atoms with Crippen LogP contribution in [0.2, 0.25) is 10.0 Å². The predicted molar refractivity (Wildman–Crippen MR) is 88.2 cm³/mol. The zero-order valence-corrected chi connectivity index (χ0v) is 14.0. The summed E-state index contributed by atoms with van der Waals surface area (Å²) < 4.78 is 0. The second-order valence-corrected chi connectivity index (χ2v) is 5.69. The first kappa shape index (κ1) is 18.7. The van der Waals surface area contributed by atoms with Crippen LogP contribution in [0.3, 0.4) is 0 Å². The fourth-order valence-corrected chi connectivity index (χ4v) is 2.40. The smallest absolute Gasteiger partial charge is 0.313 e. The van der Waals surface area contributed by atoms with Gasteiger partial charge in [0.1, 0.15) is 0 Å². The van der Waals surface area contributed by atoms with Crippen molar-refractivity contribution >= 4 is 40.7 Å². The first-order chi connectivity index (χ1) is 10.4. The number of hydrogen-bond acceptors (Lipinski definition) is 3. The van der Waals surface area contributed by atoms with Crippen molar-refractivity contribution in [2.75, 3.05) is 11.9 Å². The Morgan fingerprint density at radius 1 is 1.18 bits per heavy atom. The normalized spacial score (nSPS) is 12.1. The van der Waals surface area contributed by atoms with Crippen LogP contribution in [0.25, 0.3) is 0 Å². The molecule has 1 aromatic carbocycles. The van der Waals surface area contributed by atoms with Gasteiger partial charge in [-0.15, -0.1) is 0 Å². The lowest BCUT2D eigenvalue weighted by atomic mass is 9.96. The largest absolute Gasteiger partial charge is 0.391 e. The molecule has 0 bridgehead atoms. The molecule has 5 nitrogen and oxygen atoms in total. The van der Waals surface area contributed by atoms with E-state index in [1.165, 1.54) is 0 Å². The molecule has 0 saturated heterocycles. The lowest BCUT2D eigenvalue weighted by Crippen LogP contribution is -2.41. The van der Waals surface area contributed by atoms with Crippen LogP contribution in [0.4, 0.5) is 5.69 Å². The highest BCUT2D eigenvalue weighted by Gasteiger charge is 2.20. The summed E-state index contributed by atoms with van der Waals surface area (Å²) in [6, 6.07) is 4.72. The number of amides is 2. The Morgan fingerprint density at radius 3 is 2.41 bits per heavy atom. The number of halogens is 2. The fourth-order valence-electron chi connectivity index (χ4n) is 2.06. The average Bonchev–Trinajstić information content (AvgIpc) is 2.50. The number of anilines is 1. The average molecular weight is 347 g/mol.